The third-order valence-corrected chi connectivity index (χ3v) is 5.09. The summed E-state index contributed by atoms with van der Waals surface area (Å²) < 4.78 is 5.51. The zero-order chi connectivity index (χ0) is 17.9. The summed E-state index contributed by atoms with van der Waals surface area (Å²) in [5.41, 5.74) is 2.81. The van der Waals surface area contributed by atoms with Gasteiger partial charge in [-0.2, -0.15) is 0 Å². The lowest BCUT2D eigenvalue weighted by Crippen LogP contribution is -2.38. The Morgan fingerprint density at radius 1 is 1.08 bits per heavy atom. The van der Waals surface area contributed by atoms with Crippen LogP contribution < -0.4 is 4.74 Å². The van der Waals surface area contributed by atoms with Gasteiger partial charge >= 0.3 is 0 Å². The molecule has 0 atom stereocenters. The number of hydrogen-bond donors (Lipinski definition) is 1. The zero-order valence-corrected chi connectivity index (χ0v) is 14.7. The van der Waals surface area contributed by atoms with Gasteiger partial charge in [0.1, 0.15) is 5.75 Å². The smallest absolute Gasteiger partial charge is 0.253 e. The largest absolute Gasteiger partial charge is 0.493 e. The highest BCUT2D eigenvalue weighted by atomic mass is 16.5. The first kappa shape index (κ1) is 16.7. The van der Waals surface area contributed by atoms with E-state index < -0.39 is 0 Å². The van der Waals surface area contributed by atoms with Crippen LogP contribution in [-0.2, 0) is 17.6 Å². The van der Waals surface area contributed by atoms with E-state index in [4.69, 9.17) is 4.74 Å². The van der Waals surface area contributed by atoms with E-state index in [1.165, 1.54) is 0 Å². The second-order valence-corrected chi connectivity index (χ2v) is 6.84. The van der Waals surface area contributed by atoms with Crippen molar-refractivity contribution < 1.29 is 14.3 Å². The summed E-state index contributed by atoms with van der Waals surface area (Å²) in [4.78, 5) is 32.1. The van der Waals surface area contributed by atoms with Crippen LogP contribution in [0.2, 0.25) is 0 Å². The van der Waals surface area contributed by atoms with Gasteiger partial charge in [0.25, 0.3) is 5.91 Å². The Kier molecular flexibility index (Phi) is 4.65. The summed E-state index contributed by atoms with van der Waals surface area (Å²) in [6.07, 6.45) is 5.75. The average Bonchev–Trinajstić information content (AvgIpc) is 3.27. The minimum absolute atomic E-state index is 0.0413. The number of amides is 2. The molecule has 0 spiro atoms. The average molecular weight is 353 g/mol. The van der Waals surface area contributed by atoms with Crippen molar-refractivity contribution in [1.29, 1.82) is 0 Å². The van der Waals surface area contributed by atoms with Gasteiger partial charge in [-0.25, -0.2) is 0 Å². The first-order valence-corrected chi connectivity index (χ1v) is 9.15. The SMILES string of the molecule is O=C(Cc1cc[nH]c1)N1CCCN(C(=O)c2ccc3c(c2)CCO3)CC1. The molecular formula is C20H23N3O3. The van der Waals surface area contributed by atoms with Crippen LogP contribution in [0, 0.1) is 0 Å². The molecule has 26 heavy (non-hydrogen) atoms. The normalized spacial score (nSPS) is 16.8. The molecule has 1 aromatic heterocycles. The molecule has 1 aromatic carbocycles. The molecule has 3 heterocycles. The van der Waals surface area contributed by atoms with E-state index >= 15 is 0 Å². The molecule has 1 fully saturated rings. The highest BCUT2D eigenvalue weighted by Gasteiger charge is 2.24. The second kappa shape index (κ2) is 7.23. The summed E-state index contributed by atoms with van der Waals surface area (Å²) in [6.45, 7) is 3.23. The number of fused-ring (bicyclic) bond motifs is 1. The van der Waals surface area contributed by atoms with E-state index in [9.17, 15) is 9.59 Å². The number of carbonyl (C=O) groups excluding carboxylic acids is 2. The fourth-order valence-corrected chi connectivity index (χ4v) is 3.63. The van der Waals surface area contributed by atoms with Crippen LogP contribution in [0.25, 0.3) is 0 Å². The summed E-state index contributed by atoms with van der Waals surface area (Å²) in [7, 11) is 0. The molecule has 1 saturated heterocycles. The third kappa shape index (κ3) is 3.45. The van der Waals surface area contributed by atoms with Crippen LogP contribution in [0.15, 0.2) is 36.7 Å². The molecular weight excluding hydrogens is 330 g/mol. The Hall–Kier alpha value is -2.76. The van der Waals surface area contributed by atoms with Crippen molar-refractivity contribution in [2.75, 3.05) is 32.8 Å². The number of aromatic nitrogens is 1. The topological polar surface area (TPSA) is 65.6 Å². The van der Waals surface area contributed by atoms with Crippen molar-refractivity contribution in [3.8, 4) is 5.75 Å². The quantitative estimate of drug-likeness (QED) is 0.916. The molecule has 6 nitrogen and oxygen atoms in total. The van der Waals surface area contributed by atoms with Crippen LogP contribution in [0.3, 0.4) is 0 Å². The fraction of sp³-hybridized carbons (Fsp3) is 0.400. The van der Waals surface area contributed by atoms with Gasteiger partial charge in [-0.15, -0.1) is 0 Å². The summed E-state index contributed by atoms with van der Waals surface area (Å²) >= 11 is 0. The summed E-state index contributed by atoms with van der Waals surface area (Å²) in [6, 6.07) is 7.60. The number of hydrogen-bond acceptors (Lipinski definition) is 3. The fourth-order valence-electron chi connectivity index (χ4n) is 3.63. The van der Waals surface area contributed by atoms with Gasteiger partial charge in [-0.05, 0) is 41.8 Å². The Balaban J connectivity index is 1.38. The molecule has 0 radical (unpaired) electrons. The molecule has 136 valence electrons. The Morgan fingerprint density at radius 2 is 1.92 bits per heavy atom. The van der Waals surface area contributed by atoms with Gasteiger partial charge in [-0.3, -0.25) is 9.59 Å². The maximum Gasteiger partial charge on any atom is 0.253 e. The van der Waals surface area contributed by atoms with Crippen molar-refractivity contribution in [2.45, 2.75) is 19.3 Å². The lowest BCUT2D eigenvalue weighted by Gasteiger charge is -2.22. The third-order valence-electron chi connectivity index (χ3n) is 5.09. The number of rotatable bonds is 3. The Labute approximate surface area is 152 Å². The van der Waals surface area contributed by atoms with Gasteiger partial charge in [0, 0.05) is 50.6 Å². The van der Waals surface area contributed by atoms with E-state index in [1.54, 1.807) is 0 Å². The van der Waals surface area contributed by atoms with Gasteiger partial charge in [0.05, 0.1) is 13.0 Å². The van der Waals surface area contributed by atoms with E-state index in [-0.39, 0.29) is 11.8 Å². The zero-order valence-electron chi connectivity index (χ0n) is 14.7. The first-order chi connectivity index (χ1) is 12.7. The second-order valence-electron chi connectivity index (χ2n) is 6.84. The van der Waals surface area contributed by atoms with Crippen LogP contribution in [-0.4, -0.2) is 59.4 Å². The number of aromatic amines is 1. The Bertz CT molecular complexity index is 801. The molecule has 1 N–H and O–H groups in total. The number of benzene rings is 1. The van der Waals surface area contributed by atoms with E-state index in [2.05, 4.69) is 4.98 Å². The molecule has 0 saturated carbocycles. The van der Waals surface area contributed by atoms with Crippen molar-refractivity contribution in [3.63, 3.8) is 0 Å². The van der Waals surface area contributed by atoms with Crippen LogP contribution in [0.4, 0.5) is 0 Å². The highest BCUT2D eigenvalue weighted by Crippen LogP contribution is 2.26. The van der Waals surface area contributed by atoms with Crippen molar-refractivity contribution in [3.05, 3.63) is 53.3 Å². The van der Waals surface area contributed by atoms with Gasteiger partial charge < -0.3 is 19.5 Å². The highest BCUT2D eigenvalue weighted by molar-refractivity contribution is 5.94. The molecule has 2 aliphatic heterocycles. The van der Waals surface area contributed by atoms with E-state index in [0.29, 0.717) is 44.8 Å². The first-order valence-electron chi connectivity index (χ1n) is 9.15. The number of ether oxygens (including phenoxy) is 1. The molecule has 6 heteroatoms. The maximum absolute atomic E-state index is 12.9. The molecule has 0 bridgehead atoms. The van der Waals surface area contributed by atoms with Crippen molar-refractivity contribution in [1.82, 2.24) is 14.8 Å². The van der Waals surface area contributed by atoms with Crippen LogP contribution in [0.5, 0.6) is 5.75 Å². The van der Waals surface area contributed by atoms with Crippen molar-refractivity contribution in [2.24, 2.45) is 0 Å². The van der Waals surface area contributed by atoms with E-state index in [1.807, 2.05) is 46.5 Å². The number of nitrogens with one attached hydrogen (secondary N) is 1. The van der Waals surface area contributed by atoms with Crippen LogP contribution >= 0.6 is 0 Å². The predicted molar refractivity (Wildman–Crippen MR) is 97.2 cm³/mol. The van der Waals surface area contributed by atoms with Crippen molar-refractivity contribution >= 4 is 11.8 Å². The molecule has 0 unspecified atom stereocenters. The number of carbonyl (C=O) groups is 2. The van der Waals surface area contributed by atoms with Crippen LogP contribution in [0.1, 0.15) is 27.9 Å². The van der Waals surface area contributed by atoms with Gasteiger partial charge in [-0.1, -0.05) is 0 Å². The number of H-pyrrole nitrogens is 1. The van der Waals surface area contributed by atoms with Gasteiger partial charge in [0.15, 0.2) is 0 Å². The maximum atomic E-state index is 12.9. The minimum Gasteiger partial charge on any atom is -0.493 e. The van der Waals surface area contributed by atoms with E-state index in [0.717, 1.165) is 29.7 Å². The monoisotopic (exact) mass is 353 g/mol. The molecule has 2 amide bonds. The summed E-state index contributed by atoms with van der Waals surface area (Å²) in [5, 5.41) is 0. The molecule has 2 aromatic rings. The molecule has 0 aliphatic carbocycles. The standard InChI is InChI=1S/C20H23N3O3/c24-19(12-15-4-6-21-14-15)22-7-1-8-23(10-9-22)20(25)17-2-3-18-16(13-17)5-11-26-18/h2-4,6,13-14,21H,1,5,7-12H2. The number of nitrogens with zero attached hydrogens (tertiary/aromatic N) is 2. The minimum atomic E-state index is 0.0413. The lowest BCUT2D eigenvalue weighted by atomic mass is 10.1. The lowest BCUT2D eigenvalue weighted by molar-refractivity contribution is -0.130. The molecule has 2 aliphatic rings. The van der Waals surface area contributed by atoms with Gasteiger partial charge in [0.2, 0.25) is 5.91 Å². The predicted octanol–water partition coefficient (Wildman–Crippen LogP) is 1.87. The molecule has 4 rings (SSSR count). The summed E-state index contributed by atoms with van der Waals surface area (Å²) in [5.74, 6) is 1.05. The Morgan fingerprint density at radius 3 is 2.77 bits per heavy atom.